The normalized spacial score (nSPS) is 17.0. The monoisotopic (exact) mass is 516 g/mol. The minimum Gasteiger partial charge on any atom is -0.493 e. The van der Waals surface area contributed by atoms with Crippen LogP contribution in [0.25, 0.3) is 11.3 Å². The number of aromatic nitrogens is 3. The molecule has 2 aliphatic heterocycles. The van der Waals surface area contributed by atoms with Crippen LogP contribution in [0, 0.1) is 5.92 Å². The van der Waals surface area contributed by atoms with Crippen molar-refractivity contribution in [2.75, 3.05) is 64.9 Å². The van der Waals surface area contributed by atoms with Crippen LogP contribution in [0.15, 0.2) is 55.0 Å². The van der Waals surface area contributed by atoms with Crippen molar-refractivity contribution in [3.63, 3.8) is 0 Å². The van der Waals surface area contributed by atoms with E-state index in [1.54, 1.807) is 25.7 Å². The van der Waals surface area contributed by atoms with Crippen molar-refractivity contribution in [1.82, 2.24) is 24.8 Å². The third-order valence-electron chi connectivity index (χ3n) is 7.38. The van der Waals surface area contributed by atoms with Crippen LogP contribution in [0.5, 0.6) is 5.75 Å². The molecule has 3 aromatic rings. The first kappa shape index (κ1) is 26.1. The summed E-state index contributed by atoms with van der Waals surface area (Å²) in [7, 11) is 3.77. The number of ether oxygens (including phenoxy) is 2. The third-order valence-corrected chi connectivity index (χ3v) is 7.38. The van der Waals surface area contributed by atoms with Crippen LogP contribution in [-0.4, -0.2) is 90.7 Å². The van der Waals surface area contributed by atoms with Gasteiger partial charge in [0, 0.05) is 76.1 Å². The summed E-state index contributed by atoms with van der Waals surface area (Å²) in [5.41, 5.74) is 3.40. The van der Waals surface area contributed by atoms with E-state index in [4.69, 9.17) is 9.47 Å². The summed E-state index contributed by atoms with van der Waals surface area (Å²) in [6, 6.07) is 11.7. The first-order valence-corrected chi connectivity index (χ1v) is 13.3. The molecule has 2 fully saturated rings. The Labute approximate surface area is 224 Å². The van der Waals surface area contributed by atoms with Crippen molar-refractivity contribution >= 4 is 11.9 Å². The van der Waals surface area contributed by atoms with Crippen LogP contribution in [0.1, 0.15) is 28.8 Å². The largest absolute Gasteiger partial charge is 0.493 e. The second-order valence-electron chi connectivity index (χ2n) is 10.1. The molecule has 0 bridgehead atoms. The predicted octanol–water partition coefficient (Wildman–Crippen LogP) is 3.37. The molecule has 0 aliphatic carbocycles. The van der Waals surface area contributed by atoms with Crippen molar-refractivity contribution in [2.45, 2.75) is 19.4 Å². The zero-order valence-electron chi connectivity index (χ0n) is 22.3. The van der Waals surface area contributed by atoms with Crippen molar-refractivity contribution in [3.8, 4) is 17.0 Å². The van der Waals surface area contributed by atoms with E-state index in [1.807, 2.05) is 35.2 Å². The molecule has 0 N–H and O–H groups in total. The lowest BCUT2D eigenvalue weighted by molar-refractivity contribution is 0.0663. The number of amides is 1. The van der Waals surface area contributed by atoms with Gasteiger partial charge in [-0.25, -0.2) is 9.97 Å². The topological polar surface area (TPSA) is 83.9 Å². The van der Waals surface area contributed by atoms with E-state index < -0.39 is 0 Å². The van der Waals surface area contributed by atoms with Crippen LogP contribution in [0.3, 0.4) is 0 Å². The number of hydrogen-bond acceptors (Lipinski definition) is 8. The number of pyridine rings is 1. The number of anilines is 1. The molecule has 2 aliphatic rings. The Morgan fingerprint density at radius 1 is 0.974 bits per heavy atom. The summed E-state index contributed by atoms with van der Waals surface area (Å²) >= 11 is 0. The number of rotatable bonds is 8. The molecule has 1 aromatic carbocycles. The second kappa shape index (κ2) is 12.3. The number of carbonyl (C=O) groups is 1. The predicted molar refractivity (Wildman–Crippen MR) is 146 cm³/mol. The summed E-state index contributed by atoms with van der Waals surface area (Å²) in [6.07, 6.45) is 7.34. The number of piperidine rings is 1. The molecule has 38 heavy (non-hydrogen) atoms. The van der Waals surface area contributed by atoms with Gasteiger partial charge < -0.3 is 24.2 Å². The summed E-state index contributed by atoms with van der Waals surface area (Å²) in [6.45, 7) is 6.28. The highest BCUT2D eigenvalue weighted by Gasteiger charge is 2.23. The van der Waals surface area contributed by atoms with Crippen LogP contribution in [-0.2, 0) is 11.3 Å². The van der Waals surface area contributed by atoms with Gasteiger partial charge in [-0.3, -0.25) is 9.78 Å². The Hall–Kier alpha value is -3.56. The van der Waals surface area contributed by atoms with E-state index >= 15 is 0 Å². The molecule has 9 nitrogen and oxygen atoms in total. The van der Waals surface area contributed by atoms with Gasteiger partial charge in [0.25, 0.3) is 5.91 Å². The standard InChI is InChI=1S/C29H36N6O3/c1-33-14-16-34(17-15-33)28(36)24-4-6-26(32-19-24)23-5-7-27(25(18-23)21-37-2)38-20-22-8-12-35(13-9-22)29-30-10-3-11-31-29/h3-7,10-11,18-19,22H,8-9,12-17,20-21H2,1-2H3. The van der Waals surface area contributed by atoms with Crippen molar-refractivity contribution < 1.29 is 14.3 Å². The van der Waals surface area contributed by atoms with E-state index in [0.717, 1.165) is 80.6 Å². The SMILES string of the molecule is COCc1cc(-c2ccc(C(=O)N3CCN(C)CC3)cn2)ccc1OCC1CCN(c2ncccn2)CC1. The molecule has 200 valence electrons. The molecule has 2 saturated heterocycles. The highest BCUT2D eigenvalue weighted by atomic mass is 16.5. The maximum Gasteiger partial charge on any atom is 0.255 e. The molecule has 1 amide bonds. The molecule has 0 spiro atoms. The number of hydrogen-bond donors (Lipinski definition) is 0. The number of likely N-dealkylation sites (N-methyl/N-ethyl adjacent to an activating group) is 1. The molecular formula is C29H36N6O3. The number of methoxy groups -OCH3 is 1. The van der Waals surface area contributed by atoms with Gasteiger partial charge in [0.15, 0.2) is 0 Å². The van der Waals surface area contributed by atoms with Gasteiger partial charge in [-0.2, -0.15) is 0 Å². The van der Waals surface area contributed by atoms with Crippen molar-refractivity contribution in [3.05, 3.63) is 66.1 Å². The molecule has 4 heterocycles. The molecule has 0 radical (unpaired) electrons. The fourth-order valence-electron chi connectivity index (χ4n) is 4.99. The average molecular weight is 517 g/mol. The van der Waals surface area contributed by atoms with Crippen molar-refractivity contribution in [2.24, 2.45) is 5.92 Å². The van der Waals surface area contributed by atoms with Gasteiger partial charge in [0.2, 0.25) is 5.95 Å². The van der Waals surface area contributed by atoms with Gasteiger partial charge >= 0.3 is 0 Å². The van der Waals surface area contributed by atoms with Crippen molar-refractivity contribution in [1.29, 1.82) is 0 Å². The summed E-state index contributed by atoms with van der Waals surface area (Å²) in [5, 5.41) is 0. The first-order valence-electron chi connectivity index (χ1n) is 13.3. The van der Waals surface area contributed by atoms with Gasteiger partial charge in [-0.15, -0.1) is 0 Å². The maximum atomic E-state index is 12.9. The Kier molecular flexibility index (Phi) is 8.45. The fourth-order valence-corrected chi connectivity index (χ4v) is 4.99. The van der Waals surface area contributed by atoms with Gasteiger partial charge in [0.1, 0.15) is 5.75 Å². The molecule has 2 aromatic heterocycles. The van der Waals surface area contributed by atoms with Gasteiger partial charge in [-0.1, -0.05) is 0 Å². The Morgan fingerprint density at radius 3 is 2.42 bits per heavy atom. The lowest BCUT2D eigenvalue weighted by Crippen LogP contribution is -2.47. The third kappa shape index (κ3) is 6.28. The Bertz CT molecular complexity index is 1190. The second-order valence-corrected chi connectivity index (χ2v) is 10.1. The first-order chi connectivity index (χ1) is 18.6. The van der Waals surface area contributed by atoms with E-state index in [1.165, 1.54) is 0 Å². The highest BCUT2D eigenvalue weighted by molar-refractivity contribution is 5.94. The zero-order chi connectivity index (χ0) is 26.3. The summed E-state index contributed by atoms with van der Waals surface area (Å²) in [5.74, 6) is 2.17. The number of piperazine rings is 1. The van der Waals surface area contributed by atoms with Crippen LogP contribution in [0.2, 0.25) is 0 Å². The zero-order valence-corrected chi connectivity index (χ0v) is 22.3. The van der Waals surface area contributed by atoms with E-state index in [9.17, 15) is 4.79 Å². The molecule has 5 rings (SSSR count). The van der Waals surface area contributed by atoms with E-state index in [2.05, 4.69) is 37.9 Å². The minimum atomic E-state index is 0.0445. The molecule has 0 saturated carbocycles. The Morgan fingerprint density at radius 2 is 1.74 bits per heavy atom. The fraction of sp³-hybridized carbons (Fsp3) is 0.448. The smallest absolute Gasteiger partial charge is 0.255 e. The lowest BCUT2D eigenvalue weighted by Gasteiger charge is -2.32. The molecule has 0 unspecified atom stereocenters. The quantitative estimate of drug-likeness (QED) is 0.451. The average Bonchev–Trinajstić information content (AvgIpc) is 2.97. The van der Waals surface area contributed by atoms with Gasteiger partial charge in [-0.05, 0) is 62.2 Å². The summed E-state index contributed by atoms with van der Waals surface area (Å²) in [4.78, 5) is 32.6. The number of benzene rings is 1. The Balaban J connectivity index is 1.19. The number of nitrogens with zero attached hydrogens (tertiary/aromatic N) is 6. The lowest BCUT2D eigenvalue weighted by atomic mass is 9.98. The van der Waals surface area contributed by atoms with Gasteiger partial charge in [0.05, 0.1) is 24.5 Å². The van der Waals surface area contributed by atoms with E-state index in [-0.39, 0.29) is 5.91 Å². The summed E-state index contributed by atoms with van der Waals surface area (Å²) < 4.78 is 11.7. The van der Waals surface area contributed by atoms with E-state index in [0.29, 0.717) is 24.7 Å². The molecule has 9 heteroatoms. The number of carbonyl (C=O) groups excluding carboxylic acids is 1. The van der Waals surface area contributed by atoms with Crippen LogP contribution >= 0.6 is 0 Å². The maximum absolute atomic E-state index is 12.9. The minimum absolute atomic E-state index is 0.0445. The molecule has 0 atom stereocenters. The van der Waals surface area contributed by atoms with Crippen LogP contribution in [0.4, 0.5) is 5.95 Å². The highest BCUT2D eigenvalue weighted by Crippen LogP contribution is 2.28. The molecular weight excluding hydrogens is 480 g/mol. The van der Waals surface area contributed by atoms with Crippen LogP contribution < -0.4 is 9.64 Å².